The second kappa shape index (κ2) is 6.03. The van der Waals surface area contributed by atoms with Crippen molar-refractivity contribution in [3.05, 3.63) is 28.8 Å². The number of piperidine rings is 1. The smallest absolute Gasteiger partial charge is 0.245 e. The van der Waals surface area contributed by atoms with E-state index < -0.39 is 0 Å². The number of halogens is 1. The molecule has 1 aromatic heterocycles. The monoisotopic (exact) mass is 305 g/mol. The molecule has 0 bridgehead atoms. The van der Waals surface area contributed by atoms with Crippen LogP contribution in [-0.2, 0) is 0 Å². The van der Waals surface area contributed by atoms with Crippen molar-refractivity contribution in [3.8, 4) is 11.4 Å². The Morgan fingerprint density at radius 1 is 1.33 bits per heavy atom. The number of hydrogen-bond donors (Lipinski definition) is 2. The number of aromatic nitrogens is 3. The van der Waals surface area contributed by atoms with Gasteiger partial charge in [-0.05, 0) is 50.6 Å². The normalized spacial score (nSPS) is 16.4. The second-order valence-corrected chi connectivity index (χ2v) is 5.93. The van der Waals surface area contributed by atoms with Crippen molar-refractivity contribution in [2.24, 2.45) is 0 Å². The molecule has 0 radical (unpaired) electrons. The zero-order valence-electron chi connectivity index (χ0n) is 12.4. The highest BCUT2D eigenvalue weighted by atomic mass is 35.5. The Balaban J connectivity index is 1.77. The van der Waals surface area contributed by atoms with Crippen molar-refractivity contribution in [3.63, 3.8) is 0 Å². The predicted octanol–water partition coefficient (Wildman–Crippen LogP) is 2.62. The number of nitrogens with zero attached hydrogens (tertiary/aromatic N) is 3. The summed E-state index contributed by atoms with van der Waals surface area (Å²) in [6.45, 7) is 4.01. The summed E-state index contributed by atoms with van der Waals surface area (Å²) in [5.74, 6) is 1.59. The molecule has 6 heteroatoms. The number of aromatic amines is 1. The van der Waals surface area contributed by atoms with Gasteiger partial charge in [0.1, 0.15) is 0 Å². The molecule has 0 unspecified atom stereocenters. The lowest BCUT2D eigenvalue weighted by molar-refractivity contribution is 0.439. The molecule has 0 aliphatic carbocycles. The van der Waals surface area contributed by atoms with Crippen molar-refractivity contribution >= 4 is 17.5 Å². The van der Waals surface area contributed by atoms with E-state index in [2.05, 4.69) is 25.4 Å². The molecule has 21 heavy (non-hydrogen) atoms. The summed E-state index contributed by atoms with van der Waals surface area (Å²) < 4.78 is 0. The van der Waals surface area contributed by atoms with E-state index in [0.717, 1.165) is 53.9 Å². The highest BCUT2D eigenvalue weighted by Gasteiger charge is 2.21. The summed E-state index contributed by atoms with van der Waals surface area (Å²) in [4.78, 5) is 6.88. The van der Waals surface area contributed by atoms with E-state index >= 15 is 0 Å². The molecular weight excluding hydrogens is 286 g/mol. The van der Waals surface area contributed by atoms with Gasteiger partial charge in [0.05, 0.1) is 0 Å². The zero-order valence-corrected chi connectivity index (χ0v) is 13.1. The average Bonchev–Trinajstić information content (AvgIpc) is 2.97. The Labute approximate surface area is 129 Å². The molecule has 2 aromatic rings. The van der Waals surface area contributed by atoms with Crippen LogP contribution in [0.3, 0.4) is 0 Å². The number of benzene rings is 1. The van der Waals surface area contributed by atoms with Crippen LogP contribution in [0.2, 0.25) is 5.02 Å². The third-order valence-corrected chi connectivity index (χ3v) is 4.34. The fraction of sp³-hybridized carbons (Fsp3) is 0.467. The van der Waals surface area contributed by atoms with Crippen LogP contribution < -0.4 is 10.2 Å². The summed E-state index contributed by atoms with van der Waals surface area (Å²) in [7, 11) is 2.02. The summed E-state index contributed by atoms with van der Waals surface area (Å²) in [5, 5.41) is 11.5. The summed E-state index contributed by atoms with van der Waals surface area (Å²) >= 11 is 6.00. The highest BCUT2D eigenvalue weighted by Crippen LogP contribution is 2.25. The standard InChI is InChI=1S/C15H20ClN5/c1-10-9-11(16)3-4-13(10)14-18-15(20-19-14)21-7-5-12(17-2)6-8-21/h3-4,9,12,17H,5-8H2,1-2H3,(H,18,19,20). The molecule has 1 aliphatic rings. The largest absolute Gasteiger partial charge is 0.339 e. The van der Waals surface area contributed by atoms with Crippen LogP contribution in [0.4, 0.5) is 5.95 Å². The van der Waals surface area contributed by atoms with Crippen LogP contribution in [0.5, 0.6) is 0 Å². The van der Waals surface area contributed by atoms with E-state index in [1.807, 2.05) is 32.2 Å². The van der Waals surface area contributed by atoms with Crippen LogP contribution in [0.25, 0.3) is 11.4 Å². The molecule has 1 saturated heterocycles. The zero-order chi connectivity index (χ0) is 14.8. The van der Waals surface area contributed by atoms with Gasteiger partial charge in [0.25, 0.3) is 0 Å². The molecule has 1 aromatic carbocycles. The number of anilines is 1. The molecule has 3 rings (SSSR count). The Morgan fingerprint density at radius 3 is 2.76 bits per heavy atom. The summed E-state index contributed by atoms with van der Waals surface area (Å²) in [5.41, 5.74) is 2.14. The third kappa shape index (κ3) is 3.04. The molecule has 1 fully saturated rings. The number of aryl methyl sites for hydroxylation is 1. The molecular formula is C15H20ClN5. The van der Waals surface area contributed by atoms with Gasteiger partial charge in [-0.15, -0.1) is 5.10 Å². The van der Waals surface area contributed by atoms with Gasteiger partial charge in [-0.2, -0.15) is 4.98 Å². The molecule has 112 valence electrons. The lowest BCUT2D eigenvalue weighted by Gasteiger charge is -2.30. The lowest BCUT2D eigenvalue weighted by atomic mass is 10.1. The Hall–Kier alpha value is -1.59. The maximum absolute atomic E-state index is 6.00. The van der Waals surface area contributed by atoms with Crippen LogP contribution in [0, 0.1) is 6.92 Å². The van der Waals surface area contributed by atoms with Crippen molar-refractivity contribution in [1.82, 2.24) is 20.5 Å². The molecule has 0 atom stereocenters. The molecule has 1 aliphatic heterocycles. The lowest BCUT2D eigenvalue weighted by Crippen LogP contribution is -2.41. The number of H-pyrrole nitrogens is 1. The molecule has 0 spiro atoms. The van der Waals surface area contributed by atoms with Gasteiger partial charge in [-0.1, -0.05) is 11.6 Å². The number of hydrogen-bond acceptors (Lipinski definition) is 4. The first-order valence-corrected chi connectivity index (χ1v) is 7.66. The first-order valence-electron chi connectivity index (χ1n) is 7.28. The van der Waals surface area contributed by atoms with Gasteiger partial charge in [-0.25, -0.2) is 0 Å². The number of rotatable bonds is 3. The van der Waals surface area contributed by atoms with E-state index in [0.29, 0.717) is 6.04 Å². The van der Waals surface area contributed by atoms with Crippen molar-refractivity contribution in [2.45, 2.75) is 25.8 Å². The first-order chi connectivity index (χ1) is 10.2. The van der Waals surface area contributed by atoms with Gasteiger partial charge in [0.15, 0.2) is 5.82 Å². The van der Waals surface area contributed by atoms with Crippen molar-refractivity contribution in [2.75, 3.05) is 25.0 Å². The fourth-order valence-corrected chi connectivity index (χ4v) is 3.00. The highest BCUT2D eigenvalue weighted by molar-refractivity contribution is 6.30. The van der Waals surface area contributed by atoms with Gasteiger partial charge in [0, 0.05) is 29.7 Å². The topological polar surface area (TPSA) is 56.8 Å². The van der Waals surface area contributed by atoms with Gasteiger partial charge in [0.2, 0.25) is 5.95 Å². The van der Waals surface area contributed by atoms with E-state index in [-0.39, 0.29) is 0 Å². The van der Waals surface area contributed by atoms with Gasteiger partial charge < -0.3 is 10.2 Å². The third-order valence-electron chi connectivity index (χ3n) is 4.10. The Bertz CT molecular complexity index is 616. The molecule has 2 N–H and O–H groups in total. The minimum atomic E-state index is 0.609. The Morgan fingerprint density at radius 2 is 2.10 bits per heavy atom. The maximum Gasteiger partial charge on any atom is 0.245 e. The molecule has 2 heterocycles. The van der Waals surface area contributed by atoms with E-state index in [9.17, 15) is 0 Å². The van der Waals surface area contributed by atoms with Crippen molar-refractivity contribution in [1.29, 1.82) is 0 Å². The quantitative estimate of drug-likeness (QED) is 0.915. The van der Waals surface area contributed by atoms with Crippen LogP contribution in [0.1, 0.15) is 18.4 Å². The molecule has 5 nitrogen and oxygen atoms in total. The summed E-state index contributed by atoms with van der Waals surface area (Å²) in [6, 6.07) is 6.41. The molecule has 0 amide bonds. The minimum absolute atomic E-state index is 0.609. The predicted molar refractivity (Wildman–Crippen MR) is 85.9 cm³/mol. The van der Waals surface area contributed by atoms with Crippen LogP contribution >= 0.6 is 11.6 Å². The second-order valence-electron chi connectivity index (χ2n) is 5.49. The summed E-state index contributed by atoms with van der Waals surface area (Å²) in [6.07, 6.45) is 2.25. The SMILES string of the molecule is CNC1CCN(c2n[nH]c(-c3ccc(Cl)cc3C)n2)CC1. The van der Waals surface area contributed by atoms with Crippen LogP contribution in [-0.4, -0.2) is 41.4 Å². The number of nitrogens with one attached hydrogen (secondary N) is 2. The van der Waals surface area contributed by atoms with E-state index in [1.165, 1.54) is 0 Å². The van der Waals surface area contributed by atoms with E-state index in [1.54, 1.807) is 0 Å². The maximum atomic E-state index is 6.00. The van der Waals surface area contributed by atoms with Gasteiger partial charge >= 0.3 is 0 Å². The fourth-order valence-electron chi connectivity index (χ4n) is 2.78. The van der Waals surface area contributed by atoms with E-state index in [4.69, 9.17) is 11.6 Å². The Kier molecular flexibility index (Phi) is 4.12. The van der Waals surface area contributed by atoms with Crippen molar-refractivity contribution < 1.29 is 0 Å². The minimum Gasteiger partial charge on any atom is -0.339 e. The molecule has 0 saturated carbocycles. The van der Waals surface area contributed by atoms with Crippen LogP contribution in [0.15, 0.2) is 18.2 Å². The van der Waals surface area contributed by atoms with Gasteiger partial charge in [-0.3, -0.25) is 5.10 Å². The average molecular weight is 306 g/mol. The first kappa shape index (κ1) is 14.4.